The number of nitrogens with one attached hydrogen (secondary N) is 1. The Balaban J connectivity index is 1.42. The number of amides is 2. The first-order valence-corrected chi connectivity index (χ1v) is 13.0. The molecule has 194 valence electrons. The van der Waals surface area contributed by atoms with Crippen LogP contribution in [0.25, 0.3) is 28.2 Å². The van der Waals surface area contributed by atoms with Crippen LogP contribution in [0.15, 0.2) is 60.8 Å². The zero-order valence-corrected chi connectivity index (χ0v) is 21.3. The highest BCUT2D eigenvalue weighted by Crippen LogP contribution is 2.32. The van der Waals surface area contributed by atoms with Crippen molar-refractivity contribution in [1.29, 1.82) is 0 Å². The third-order valence-electron chi connectivity index (χ3n) is 7.39. The van der Waals surface area contributed by atoms with Crippen LogP contribution in [0.1, 0.15) is 46.4 Å². The molecule has 9 nitrogen and oxygen atoms in total. The summed E-state index contributed by atoms with van der Waals surface area (Å²) in [6.45, 7) is 1.47. The van der Waals surface area contributed by atoms with Gasteiger partial charge in [0.2, 0.25) is 5.91 Å². The average molecular weight is 511 g/mol. The van der Waals surface area contributed by atoms with Gasteiger partial charge in [-0.1, -0.05) is 24.3 Å². The Morgan fingerprint density at radius 1 is 0.974 bits per heavy atom. The minimum Gasteiger partial charge on any atom is -0.381 e. The number of hydrogen-bond acceptors (Lipinski definition) is 6. The molecule has 38 heavy (non-hydrogen) atoms. The van der Waals surface area contributed by atoms with E-state index in [2.05, 4.69) is 17.3 Å². The van der Waals surface area contributed by atoms with E-state index >= 15 is 0 Å². The molecule has 0 spiro atoms. The standard InChI is InChI=1S/C29H30N6O3/c1-34(23-12-14-38-15-13-23)25-16-24(18-2-6-20(7-3-18)27(30)36)33-35-26(17-31-28(25)35)19-4-8-21(9-5-19)29(37)32-22-10-11-22/h2-9,16-17,22-23H,10-15H2,1H3,(H2,30,36)(H,32,37). The first kappa shape index (κ1) is 24.1. The van der Waals surface area contributed by atoms with Gasteiger partial charge in [0.05, 0.1) is 23.3 Å². The summed E-state index contributed by atoms with van der Waals surface area (Å²) in [5.41, 5.74) is 11.6. The van der Waals surface area contributed by atoms with E-state index in [9.17, 15) is 9.59 Å². The van der Waals surface area contributed by atoms with Crippen LogP contribution < -0.4 is 16.0 Å². The maximum atomic E-state index is 12.5. The fourth-order valence-corrected chi connectivity index (χ4v) is 4.91. The lowest BCUT2D eigenvalue weighted by Gasteiger charge is -2.33. The molecule has 2 aliphatic rings. The van der Waals surface area contributed by atoms with E-state index in [0.717, 1.165) is 72.7 Å². The van der Waals surface area contributed by atoms with Crippen LogP contribution in [0, 0.1) is 0 Å². The van der Waals surface area contributed by atoms with Crippen molar-refractivity contribution in [3.05, 3.63) is 71.9 Å². The molecule has 3 heterocycles. The van der Waals surface area contributed by atoms with Gasteiger partial charge in [0.15, 0.2) is 5.65 Å². The second-order valence-electron chi connectivity index (χ2n) is 10.0. The minimum absolute atomic E-state index is 0.0441. The molecule has 2 aromatic heterocycles. The van der Waals surface area contributed by atoms with Crippen molar-refractivity contribution in [2.24, 2.45) is 5.73 Å². The normalized spacial score (nSPS) is 15.9. The first-order valence-electron chi connectivity index (χ1n) is 13.0. The van der Waals surface area contributed by atoms with Gasteiger partial charge in [-0.25, -0.2) is 9.50 Å². The predicted molar refractivity (Wildman–Crippen MR) is 145 cm³/mol. The number of ether oxygens (including phenoxy) is 1. The molecule has 1 saturated carbocycles. The number of primary amides is 1. The molecular weight excluding hydrogens is 480 g/mol. The maximum absolute atomic E-state index is 12.5. The fraction of sp³-hybridized carbons (Fsp3) is 0.310. The molecule has 0 radical (unpaired) electrons. The van der Waals surface area contributed by atoms with Gasteiger partial charge in [-0.15, -0.1) is 0 Å². The molecule has 1 aliphatic heterocycles. The molecule has 2 amide bonds. The highest BCUT2D eigenvalue weighted by molar-refractivity contribution is 5.95. The lowest BCUT2D eigenvalue weighted by molar-refractivity contribution is 0.0855. The Bertz CT molecular complexity index is 1490. The third kappa shape index (κ3) is 4.72. The highest BCUT2D eigenvalue weighted by Gasteiger charge is 2.25. The van der Waals surface area contributed by atoms with Gasteiger partial charge in [-0.05, 0) is 56.0 Å². The summed E-state index contributed by atoms with van der Waals surface area (Å²) in [6, 6.07) is 17.4. The van der Waals surface area contributed by atoms with E-state index in [-0.39, 0.29) is 5.91 Å². The lowest BCUT2D eigenvalue weighted by atomic mass is 10.1. The van der Waals surface area contributed by atoms with Crippen LogP contribution in [0.2, 0.25) is 0 Å². The first-order chi connectivity index (χ1) is 18.5. The van der Waals surface area contributed by atoms with Crippen molar-refractivity contribution in [2.75, 3.05) is 25.2 Å². The van der Waals surface area contributed by atoms with E-state index in [0.29, 0.717) is 23.2 Å². The number of rotatable bonds is 7. The van der Waals surface area contributed by atoms with Crippen molar-refractivity contribution in [3.8, 4) is 22.5 Å². The van der Waals surface area contributed by atoms with E-state index in [1.807, 2.05) is 53.2 Å². The molecule has 0 unspecified atom stereocenters. The fourth-order valence-electron chi connectivity index (χ4n) is 4.91. The SMILES string of the molecule is CN(c1cc(-c2ccc(C(N)=O)cc2)nn2c(-c3ccc(C(=O)NC4CC4)cc3)cnc12)C1CCOCC1. The molecule has 4 aromatic rings. The summed E-state index contributed by atoms with van der Waals surface area (Å²) in [4.78, 5) is 31.1. The number of hydrogen-bond donors (Lipinski definition) is 2. The molecule has 0 atom stereocenters. The molecule has 3 N–H and O–H groups in total. The summed E-state index contributed by atoms with van der Waals surface area (Å²) < 4.78 is 7.45. The Kier molecular flexibility index (Phi) is 6.29. The highest BCUT2D eigenvalue weighted by atomic mass is 16.5. The zero-order valence-electron chi connectivity index (χ0n) is 21.3. The van der Waals surface area contributed by atoms with Crippen molar-refractivity contribution in [3.63, 3.8) is 0 Å². The molecule has 9 heteroatoms. The van der Waals surface area contributed by atoms with Crippen LogP contribution in [-0.2, 0) is 4.74 Å². The topological polar surface area (TPSA) is 115 Å². The monoisotopic (exact) mass is 510 g/mol. The van der Waals surface area contributed by atoms with Gasteiger partial charge < -0.3 is 20.7 Å². The number of nitrogens with zero attached hydrogens (tertiary/aromatic N) is 4. The Morgan fingerprint density at radius 2 is 1.63 bits per heavy atom. The van der Waals surface area contributed by atoms with Crippen molar-refractivity contribution >= 4 is 23.1 Å². The van der Waals surface area contributed by atoms with Crippen LogP contribution in [0.4, 0.5) is 5.69 Å². The third-order valence-corrected chi connectivity index (χ3v) is 7.39. The van der Waals surface area contributed by atoms with Crippen LogP contribution in [0.5, 0.6) is 0 Å². The van der Waals surface area contributed by atoms with Crippen LogP contribution in [-0.4, -0.2) is 58.8 Å². The van der Waals surface area contributed by atoms with Crippen LogP contribution in [0.3, 0.4) is 0 Å². The number of fused-ring (bicyclic) bond motifs is 1. The lowest BCUT2D eigenvalue weighted by Crippen LogP contribution is -2.37. The largest absolute Gasteiger partial charge is 0.381 e. The van der Waals surface area contributed by atoms with Gasteiger partial charge in [-0.3, -0.25) is 9.59 Å². The summed E-state index contributed by atoms with van der Waals surface area (Å²) in [7, 11) is 2.09. The number of nitrogens with two attached hydrogens (primary N) is 1. The van der Waals surface area contributed by atoms with E-state index < -0.39 is 5.91 Å². The molecule has 1 aliphatic carbocycles. The molecular formula is C29H30N6O3. The molecule has 2 aromatic carbocycles. The summed E-state index contributed by atoms with van der Waals surface area (Å²) >= 11 is 0. The average Bonchev–Trinajstić information content (AvgIpc) is 3.67. The summed E-state index contributed by atoms with van der Waals surface area (Å²) in [5.74, 6) is -0.511. The zero-order chi connectivity index (χ0) is 26.2. The number of imidazole rings is 1. The number of anilines is 1. The molecule has 2 fully saturated rings. The van der Waals surface area contributed by atoms with Gasteiger partial charge in [0.25, 0.3) is 5.91 Å². The van der Waals surface area contributed by atoms with E-state index in [4.69, 9.17) is 20.6 Å². The van der Waals surface area contributed by atoms with Gasteiger partial charge in [-0.2, -0.15) is 5.10 Å². The predicted octanol–water partition coefficient (Wildman–Crippen LogP) is 3.67. The number of aromatic nitrogens is 3. The number of benzene rings is 2. The van der Waals surface area contributed by atoms with Crippen molar-refractivity contribution < 1.29 is 14.3 Å². The maximum Gasteiger partial charge on any atom is 0.251 e. The second-order valence-corrected chi connectivity index (χ2v) is 10.0. The molecule has 6 rings (SSSR count). The van der Waals surface area contributed by atoms with Gasteiger partial charge in [0.1, 0.15) is 0 Å². The van der Waals surface area contributed by atoms with Crippen LogP contribution >= 0.6 is 0 Å². The summed E-state index contributed by atoms with van der Waals surface area (Å²) in [6.07, 6.45) is 5.80. The quantitative estimate of drug-likeness (QED) is 0.392. The van der Waals surface area contributed by atoms with Gasteiger partial charge in [0, 0.05) is 54.6 Å². The molecule has 0 bridgehead atoms. The van der Waals surface area contributed by atoms with Crippen molar-refractivity contribution in [2.45, 2.75) is 37.8 Å². The molecule has 1 saturated heterocycles. The van der Waals surface area contributed by atoms with Gasteiger partial charge >= 0.3 is 0 Å². The summed E-state index contributed by atoms with van der Waals surface area (Å²) in [5, 5.41) is 7.99. The number of carbonyl (C=O) groups excluding carboxylic acids is 2. The van der Waals surface area contributed by atoms with E-state index in [1.54, 1.807) is 12.1 Å². The Labute approximate surface area is 220 Å². The Morgan fingerprint density at radius 3 is 2.29 bits per heavy atom. The number of carbonyl (C=O) groups is 2. The van der Waals surface area contributed by atoms with Crippen molar-refractivity contribution in [1.82, 2.24) is 19.9 Å². The minimum atomic E-state index is -0.467. The van der Waals surface area contributed by atoms with E-state index in [1.165, 1.54) is 0 Å². The Hall–Kier alpha value is -4.24. The smallest absolute Gasteiger partial charge is 0.251 e. The second kappa shape index (κ2) is 9.90.